The van der Waals surface area contributed by atoms with Gasteiger partial charge in [-0.15, -0.1) is 0 Å². The molecule has 3 N–H and O–H groups in total. The minimum atomic E-state index is 0.522. The summed E-state index contributed by atoms with van der Waals surface area (Å²) in [4.78, 5) is 9.53. The molecule has 0 saturated carbocycles. The second-order valence-corrected chi connectivity index (χ2v) is 2.61. The number of H-pyrrole nitrogens is 1. The van der Waals surface area contributed by atoms with Gasteiger partial charge in [-0.1, -0.05) is 0 Å². The van der Waals surface area contributed by atoms with Crippen LogP contribution in [0.1, 0.15) is 19.5 Å². The van der Waals surface area contributed by atoms with E-state index in [0.29, 0.717) is 6.54 Å². The highest BCUT2D eigenvalue weighted by Crippen LogP contribution is 2.07. The van der Waals surface area contributed by atoms with E-state index < -0.39 is 0 Å². The van der Waals surface area contributed by atoms with Gasteiger partial charge in [0.25, 0.3) is 0 Å². The topological polar surface area (TPSA) is 57.9 Å². The van der Waals surface area contributed by atoms with Crippen LogP contribution in [0.5, 0.6) is 0 Å². The molecule has 0 aliphatic rings. The van der Waals surface area contributed by atoms with Crippen LogP contribution in [-0.4, -0.2) is 23.1 Å². The molecule has 0 unspecified atom stereocenters. The van der Waals surface area contributed by atoms with Gasteiger partial charge in [0, 0.05) is 25.3 Å². The van der Waals surface area contributed by atoms with Crippen molar-refractivity contribution in [2.24, 2.45) is 5.73 Å². The number of rotatable bonds is 4. The van der Waals surface area contributed by atoms with Crippen molar-refractivity contribution in [1.29, 1.82) is 0 Å². The molecule has 0 fully saturated rings. The molecule has 0 amide bonds. The minimum Gasteiger partial charge on any atom is -0.343 e. The van der Waals surface area contributed by atoms with Gasteiger partial charge in [0.15, 0.2) is 0 Å². The quantitative estimate of drug-likeness (QED) is 0.696. The smallest absolute Gasteiger partial charge is 0.202 e. The summed E-state index contributed by atoms with van der Waals surface area (Å²) < 4.78 is 0. The average Bonchev–Trinajstić information content (AvgIpc) is 2.55. The van der Waals surface area contributed by atoms with Gasteiger partial charge in [0.05, 0.1) is 6.20 Å². The van der Waals surface area contributed by atoms with Crippen molar-refractivity contribution in [1.82, 2.24) is 9.97 Å². The van der Waals surface area contributed by atoms with Crippen molar-refractivity contribution in [3.63, 3.8) is 0 Å². The molecular weight excluding hydrogens is 152 g/mol. The van der Waals surface area contributed by atoms with Crippen LogP contribution in [0.25, 0.3) is 0 Å². The van der Waals surface area contributed by atoms with E-state index in [1.165, 1.54) is 0 Å². The molecule has 1 heterocycles. The third-order valence-corrected chi connectivity index (χ3v) is 1.90. The zero-order valence-electron chi connectivity index (χ0n) is 7.67. The lowest BCUT2D eigenvalue weighted by Gasteiger charge is -2.16. The summed E-state index contributed by atoms with van der Waals surface area (Å²) in [5.74, 6) is 0.917. The average molecular weight is 168 g/mol. The minimum absolute atomic E-state index is 0.522. The van der Waals surface area contributed by atoms with Crippen molar-refractivity contribution in [3.05, 3.63) is 11.9 Å². The monoisotopic (exact) mass is 168 g/mol. The van der Waals surface area contributed by atoms with Gasteiger partial charge < -0.3 is 15.6 Å². The van der Waals surface area contributed by atoms with E-state index in [2.05, 4.69) is 28.7 Å². The summed E-state index contributed by atoms with van der Waals surface area (Å²) in [6.07, 6.45) is 1.79. The molecule has 1 aromatic rings. The molecule has 0 aromatic carbocycles. The molecule has 0 saturated heterocycles. The summed E-state index contributed by atoms with van der Waals surface area (Å²) in [6.45, 7) is 6.67. The Hall–Kier alpha value is -1.03. The molecule has 0 radical (unpaired) electrons. The third-order valence-electron chi connectivity index (χ3n) is 1.90. The molecule has 12 heavy (non-hydrogen) atoms. The summed E-state index contributed by atoms with van der Waals surface area (Å²) >= 11 is 0. The van der Waals surface area contributed by atoms with Gasteiger partial charge in [0.1, 0.15) is 0 Å². The van der Waals surface area contributed by atoms with Gasteiger partial charge in [-0.3, -0.25) is 0 Å². The summed E-state index contributed by atoms with van der Waals surface area (Å²) in [5.41, 5.74) is 6.44. The highest BCUT2D eigenvalue weighted by atomic mass is 15.2. The largest absolute Gasteiger partial charge is 0.343 e. The van der Waals surface area contributed by atoms with Crippen LogP contribution < -0.4 is 10.6 Å². The van der Waals surface area contributed by atoms with Gasteiger partial charge >= 0.3 is 0 Å². The Morgan fingerprint density at radius 3 is 2.58 bits per heavy atom. The lowest BCUT2D eigenvalue weighted by Crippen LogP contribution is -2.23. The van der Waals surface area contributed by atoms with Crippen LogP contribution >= 0.6 is 0 Å². The number of nitrogens with one attached hydrogen (secondary N) is 1. The van der Waals surface area contributed by atoms with Crippen LogP contribution in [-0.2, 0) is 6.54 Å². The fourth-order valence-electron chi connectivity index (χ4n) is 1.13. The molecular formula is C8H16N4. The molecule has 0 spiro atoms. The van der Waals surface area contributed by atoms with Gasteiger partial charge in [0.2, 0.25) is 5.95 Å². The Balaban J connectivity index is 2.72. The first-order valence-corrected chi connectivity index (χ1v) is 4.30. The van der Waals surface area contributed by atoms with Gasteiger partial charge in [-0.05, 0) is 13.8 Å². The molecule has 1 rings (SSSR count). The molecule has 4 nitrogen and oxygen atoms in total. The first-order valence-electron chi connectivity index (χ1n) is 4.30. The zero-order valence-corrected chi connectivity index (χ0v) is 7.67. The number of nitrogens with two attached hydrogens (primary N) is 1. The van der Waals surface area contributed by atoms with Crippen molar-refractivity contribution in [2.45, 2.75) is 20.4 Å². The fraction of sp³-hybridized carbons (Fsp3) is 0.625. The van der Waals surface area contributed by atoms with Crippen molar-refractivity contribution in [3.8, 4) is 0 Å². The van der Waals surface area contributed by atoms with Gasteiger partial charge in [-0.25, -0.2) is 4.98 Å². The number of anilines is 1. The third kappa shape index (κ3) is 1.76. The highest BCUT2D eigenvalue weighted by Gasteiger charge is 2.04. The maximum atomic E-state index is 5.46. The van der Waals surface area contributed by atoms with Crippen LogP contribution in [0.2, 0.25) is 0 Å². The van der Waals surface area contributed by atoms with Gasteiger partial charge in [-0.2, -0.15) is 0 Å². The number of hydrogen-bond donors (Lipinski definition) is 2. The predicted octanol–water partition coefficient (Wildman–Crippen LogP) is 0.715. The Kier molecular flexibility index (Phi) is 3.10. The Labute approximate surface area is 72.8 Å². The second-order valence-electron chi connectivity index (χ2n) is 2.61. The molecule has 0 aliphatic carbocycles. The summed E-state index contributed by atoms with van der Waals surface area (Å²) in [7, 11) is 0. The first-order chi connectivity index (χ1) is 5.81. The van der Waals surface area contributed by atoms with E-state index in [-0.39, 0.29) is 0 Å². The second kappa shape index (κ2) is 4.11. The maximum absolute atomic E-state index is 5.46. The number of hydrogen-bond acceptors (Lipinski definition) is 3. The highest BCUT2D eigenvalue weighted by molar-refractivity contribution is 5.30. The molecule has 68 valence electrons. The number of aromatic nitrogens is 2. The van der Waals surface area contributed by atoms with E-state index in [9.17, 15) is 0 Å². The molecule has 0 aliphatic heterocycles. The summed E-state index contributed by atoms with van der Waals surface area (Å²) in [6, 6.07) is 0. The Morgan fingerprint density at radius 2 is 2.17 bits per heavy atom. The number of aromatic amines is 1. The fourth-order valence-corrected chi connectivity index (χ4v) is 1.13. The first kappa shape index (κ1) is 9.06. The zero-order chi connectivity index (χ0) is 8.97. The van der Waals surface area contributed by atoms with Crippen molar-refractivity contribution in [2.75, 3.05) is 18.0 Å². The van der Waals surface area contributed by atoms with Crippen molar-refractivity contribution >= 4 is 5.95 Å². The SMILES string of the molecule is CCN(CC)c1ncc(CN)[nH]1. The van der Waals surface area contributed by atoms with Crippen LogP contribution in [0, 0.1) is 0 Å². The molecule has 0 atom stereocenters. The number of imidazole rings is 1. The van der Waals surface area contributed by atoms with E-state index in [1.54, 1.807) is 6.20 Å². The number of nitrogens with zero attached hydrogens (tertiary/aromatic N) is 2. The molecule has 0 bridgehead atoms. The normalized spacial score (nSPS) is 10.2. The van der Waals surface area contributed by atoms with E-state index in [4.69, 9.17) is 5.73 Å². The Morgan fingerprint density at radius 1 is 1.50 bits per heavy atom. The maximum Gasteiger partial charge on any atom is 0.202 e. The van der Waals surface area contributed by atoms with E-state index in [0.717, 1.165) is 24.7 Å². The standard InChI is InChI=1S/C8H16N4/c1-3-12(4-2)8-10-6-7(5-9)11-8/h6H,3-5,9H2,1-2H3,(H,10,11). The lowest BCUT2D eigenvalue weighted by atomic mass is 10.5. The summed E-state index contributed by atoms with van der Waals surface area (Å²) in [5, 5.41) is 0. The van der Waals surface area contributed by atoms with Crippen LogP contribution in [0.3, 0.4) is 0 Å². The van der Waals surface area contributed by atoms with E-state index >= 15 is 0 Å². The van der Waals surface area contributed by atoms with Crippen LogP contribution in [0.4, 0.5) is 5.95 Å². The predicted molar refractivity (Wildman–Crippen MR) is 50.0 cm³/mol. The van der Waals surface area contributed by atoms with Crippen LogP contribution in [0.15, 0.2) is 6.20 Å². The molecule has 4 heteroatoms. The van der Waals surface area contributed by atoms with E-state index in [1.807, 2.05) is 0 Å². The Bertz CT molecular complexity index is 227. The van der Waals surface area contributed by atoms with Crippen molar-refractivity contribution < 1.29 is 0 Å². The lowest BCUT2D eigenvalue weighted by molar-refractivity contribution is 0.828. The molecule has 1 aromatic heterocycles.